The van der Waals surface area contributed by atoms with Crippen molar-refractivity contribution >= 4 is 40.1 Å². The Balaban J connectivity index is 2.21. The van der Waals surface area contributed by atoms with E-state index in [4.69, 9.17) is 18.0 Å². The molecule has 1 aromatic carbocycles. The smallest absolute Gasteiger partial charge is 0.238 e. The van der Waals surface area contributed by atoms with Crippen molar-refractivity contribution in [2.45, 2.75) is 5.92 Å². The number of nitrogens with one attached hydrogen (secondary N) is 1. The number of rotatable bonds is 4. The van der Waals surface area contributed by atoms with Crippen LogP contribution in [0.15, 0.2) is 47.2 Å². The van der Waals surface area contributed by atoms with Gasteiger partial charge in [-0.3, -0.25) is 4.79 Å². The SMILES string of the molecule is NC(=S)C(C(=O)Nc1ccsc1)c1ccccc1. The molecule has 1 heterocycles. The molecule has 5 heteroatoms. The molecule has 0 spiro atoms. The van der Waals surface area contributed by atoms with Crippen LogP contribution in [0.2, 0.25) is 0 Å². The van der Waals surface area contributed by atoms with Crippen LogP contribution in [0.5, 0.6) is 0 Å². The number of carbonyl (C=O) groups excluding carboxylic acids is 1. The van der Waals surface area contributed by atoms with E-state index in [-0.39, 0.29) is 10.9 Å². The molecule has 0 fully saturated rings. The zero-order valence-corrected chi connectivity index (χ0v) is 11.1. The molecule has 1 unspecified atom stereocenters. The second-order valence-electron chi connectivity index (χ2n) is 3.75. The molecule has 3 N–H and O–H groups in total. The molecule has 0 aliphatic heterocycles. The quantitative estimate of drug-likeness (QED) is 0.844. The highest BCUT2D eigenvalue weighted by atomic mass is 32.1. The highest BCUT2D eigenvalue weighted by Crippen LogP contribution is 2.20. The third-order valence-corrected chi connectivity index (χ3v) is 3.39. The van der Waals surface area contributed by atoms with Crippen molar-refractivity contribution in [2.24, 2.45) is 5.73 Å². The molecule has 0 saturated heterocycles. The fourth-order valence-electron chi connectivity index (χ4n) is 1.64. The van der Waals surface area contributed by atoms with Gasteiger partial charge in [0.05, 0.1) is 10.7 Å². The summed E-state index contributed by atoms with van der Waals surface area (Å²) in [5.74, 6) is -0.798. The Kier molecular flexibility index (Phi) is 4.07. The minimum Gasteiger partial charge on any atom is -0.392 e. The van der Waals surface area contributed by atoms with Crippen molar-refractivity contribution < 1.29 is 4.79 Å². The number of hydrogen-bond acceptors (Lipinski definition) is 3. The predicted octanol–water partition coefficient (Wildman–Crippen LogP) is 2.76. The van der Waals surface area contributed by atoms with Crippen molar-refractivity contribution in [1.29, 1.82) is 0 Å². The Hall–Kier alpha value is -1.72. The lowest BCUT2D eigenvalue weighted by Gasteiger charge is -2.15. The summed E-state index contributed by atoms with van der Waals surface area (Å²) >= 11 is 6.51. The maximum Gasteiger partial charge on any atom is 0.238 e. The summed E-state index contributed by atoms with van der Waals surface area (Å²) in [6.45, 7) is 0. The first-order valence-electron chi connectivity index (χ1n) is 5.36. The molecule has 3 nitrogen and oxygen atoms in total. The van der Waals surface area contributed by atoms with Gasteiger partial charge in [0.2, 0.25) is 5.91 Å². The Morgan fingerprint density at radius 1 is 1.28 bits per heavy atom. The van der Waals surface area contributed by atoms with E-state index in [0.717, 1.165) is 11.3 Å². The molecular weight excluding hydrogens is 264 g/mol. The van der Waals surface area contributed by atoms with Crippen molar-refractivity contribution in [3.05, 3.63) is 52.7 Å². The second-order valence-corrected chi connectivity index (χ2v) is 5.00. The Morgan fingerprint density at radius 3 is 2.56 bits per heavy atom. The first-order chi connectivity index (χ1) is 8.68. The van der Waals surface area contributed by atoms with Crippen LogP contribution in [0.25, 0.3) is 0 Å². The minimum absolute atomic E-state index is 0.175. The van der Waals surface area contributed by atoms with Gasteiger partial charge in [-0.15, -0.1) is 0 Å². The van der Waals surface area contributed by atoms with Crippen LogP contribution in [-0.4, -0.2) is 10.9 Å². The van der Waals surface area contributed by atoms with E-state index in [2.05, 4.69) is 5.32 Å². The molecule has 0 bridgehead atoms. The van der Waals surface area contributed by atoms with Gasteiger partial charge in [-0.25, -0.2) is 0 Å². The molecule has 1 atom stereocenters. The van der Waals surface area contributed by atoms with Gasteiger partial charge >= 0.3 is 0 Å². The molecule has 0 aliphatic rings. The lowest BCUT2D eigenvalue weighted by molar-refractivity contribution is -0.116. The summed E-state index contributed by atoms with van der Waals surface area (Å²) in [4.78, 5) is 12.4. The van der Waals surface area contributed by atoms with Crippen LogP contribution in [0.3, 0.4) is 0 Å². The predicted molar refractivity (Wildman–Crippen MR) is 78.9 cm³/mol. The van der Waals surface area contributed by atoms with E-state index in [1.807, 2.05) is 47.2 Å². The van der Waals surface area contributed by atoms with Gasteiger partial charge in [0, 0.05) is 5.38 Å². The van der Waals surface area contributed by atoms with E-state index in [9.17, 15) is 4.79 Å². The van der Waals surface area contributed by atoms with E-state index >= 15 is 0 Å². The van der Waals surface area contributed by atoms with Crippen molar-refractivity contribution in [2.75, 3.05) is 5.32 Å². The van der Waals surface area contributed by atoms with E-state index in [1.165, 1.54) is 11.3 Å². The number of thiophene rings is 1. The van der Waals surface area contributed by atoms with Crippen LogP contribution in [0.4, 0.5) is 5.69 Å². The second kappa shape index (κ2) is 5.75. The fourth-order valence-corrected chi connectivity index (χ4v) is 2.47. The highest BCUT2D eigenvalue weighted by Gasteiger charge is 2.23. The van der Waals surface area contributed by atoms with Gasteiger partial charge in [0.1, 0.15) is 5.92 Å². The fraction of sp³-hybridized carbons (Fsp3) is 0.0769. The standard InChI is InChI=1S/C13H12N2OS2/c14-12(17)11(9-4-2-1-3-5-9)13(16)15-10-6-7-18-8-10/h1-8,11H,(H2,14,17)(H,15,16). The molecule has 0 radical (unpaired) electrons. The summed E-state index contributed by atoms with van der Waals surface area (Å²) in [6, 6.07) is 11.1. The number of anilines is 1. The van der Waals surface area contributed by atoms with E-state index in [1.54, 1.807) is 0 Å². The van der Waals surface area contributed by atoms with Crippen LogP contribution < -0.4 is 11.1 Å². The summed E-state index contributed by atoms with van der Waals surface area (Å²) in [7, 11) is 0. The number of carbonyl (C=O) groups is 1. The molecule has 0 aliphatic carbocycles. The van der Waals surface area contributed by atoms with Gasteiger partial charge < -0.3 is 11.1 Å². The molecule has 0 saturated carbocycles. The van der Waals surface area contributed by atoms with Gasteiger partial charge in [-0.05, 0) is 17.0 Å². The highest BCUT2D eigenvalue weighted by molar-refractivity contribution is 7.80. The number of hydrogen-bond donors (Lipinski definition) is 2. The average Bonchev–Trinajstić information content (AvgIpc) is 2.83. The molecular formula is C13H12N2OS2. The van der Waals surface area contributed by atoms with Crippen LogP contribution in [0, 0.1) is 0 Å². The molecule has 2 rings (SSSR count). The lowest BCUT2D eigenvalue weighted by Crippen LogP contribution is -2.31. The van der Waals surface area contributed by atoms with Crippen LogP contribution >= 0.6 is 23.6 Å². The molecule has 2 aromatic rings. The third-order valence-electron chi connectivity index (χ3n) is 2.47. The van der Waals surface area contributed by atoms with E-state index < -0.39 is 5.92 Å². The van der Waals surface area contributed by atoms with Gasteiger partial charge in [-0.1, -0.05) is 42.5 Å². The first kappa shape index (κ1) is 12.7. The molecule has 18 heavy (non-hydrogen) atoms. The minimum atomic E-state index is -0.596. The zero-order valence-electron chi connectivity index (χ0n) is 9.50. The third kappa shape index (κ3) is 2.94. The van der Waals surface area contributed by atoms with Gasteiger partial charge in [0.25, 0.3) is 0 Å². The number of benzene rings is 1. The van der Waals surface area contributed by atoms with Crippen LogP contribution in [0.1, 0.15) is 11.5 Å². The zero-order chi connectivity index (χ0) is 13.0. The maximum absolute atomic E-state index is 12.2. The molecule has 1 aromatic heterocycles. The summed E-state index contributed by atoms with van der Waals surface area (Å²) in [5.41, 5.74) is 7.24. The van der Waals surface area contributed by atoms with Gasteiger partial charge in [-0.2, -0.15) is 11.3 Å². The monoisotopic (exact) mass is 276 g/mol. The Bertz CT molecular complexity index is 537. The van der Waals surface area contributed by atoms with Crippen molar-refractivity contribution in [3.8, 4) is 0 Å². The normalized spacial score (nSPS) is 11.8. The van der Waals surface area contributed by atoms with Crippen molar-refractivity contribution in [1.82, 2.24) is 0 Å². The lowest BCUT2D eigenvalue weighted by atomic mass is 9.98. The summed E-state index contributed by atoms with van der Waals surface area (Å²) < 4.78 is 0. The van der Waals surface area contributed by atoms with Crippen LogP contribution in [-0.2, 0) is 4.79 Å². The summed E-state index contributed by atoms with van der Waals surface area (Å²) in [6.07, 6.45) is 0. The number of nitrogens with two attached hydrogens (primary N) is 1. The molecule has 1 amide bonds. The first-order valence-corrected chi connectivity index (χ1v) is 6.71. The largest absolute Gasteiger partial charge is 0.392 e. The van der Waals surface area contributed by atoms with E-state index in [0.29, 0.717) is 0 Å². The topological polar surface area (TPSA) is 55.1 Å². The maximum atomic E-state index is 12.2. The van der Waals surface area contributed by atoms with Crippen molar-refractivity contribution in [3.63, 3.8) is 0 Å². The van der Waals surface area contributed by atoms with Gasteiger partial charge in [0.15, 0.2) is 0 Å². The number of thiocarbonyl (C=S) groups is 1. The molecule has 92 valence electrons. The number of amides is 1. The Labute approximate surface area is 115 Å². The average molecular weight is 276 g/mol. The summed E-state index contributed by atoms with van der Waals surface area (Å²) in [5, 5.41) is 6.56. The Morgan fingerprint density at radius 2 is 2.00 bits per heavy atom.